The van der Waals surface area contributed by atoms with Gasteiger partial charge in [0.2, 0.25) is 0 Å². The zero-order valence-corrected chi connectivity index (χ0v) is 15.1. The van der Waals surface area contributed by atoms with Gasteiger partial charge in [-0.1, -0.05) is 38.5 Å². The Morgan fingerprint density at radius 1 is 1.13 bits per heavy atom. The quantitative estimate of drug-likeness (QED) is 0.620. The first kappa shape index (κ1) is 19.9. The van der Waals surface area contributed by atoms with Crippen LogP contribution in [-0.2, 0) is 11.3 Å². The van der Waals surface area contributed by atoms with Crippen LogP contribution < -0.4 is 10.1 Å². The Labute approximate surface area is 141 Å². The smallest absolute Gasteiger partial charge is 0.126 e. The molecular formula is C19H34NO3+. The third kappa shape index (κ3) is 8.94. The molecule has 1 rings (SSSR count). The molecule has 0 aromatic heterocycles. The Morgan fingerprint density at radius 2 is 1.87 bits per heavy atom. The van der Waals surface area contributed by atoms with Gasteiger partial charge in [-0.3, -0.25) is 0 Å². The standard InChI is InChI=1S/C19H33NO3/c1-15(2)8-7-9-16(3)20-12-18(21)14-23-13-17-10-5-6-11-19(17)22-4/h5-6,10-11,15-16,18,20-21H,7-9,12-14H2,1-4H3/p+1/t16-,18-/m1/s1. The van der Waals surface area contributed by atoms with Crippen LogP contribution >= 0.6 is 0 Å². The van der Waals surface area contributed by atoms with Crippen molar-refractivity contribution in [3.8, 4) is 5.75 Å². The molecule has 1 aromatic carbocycles. The van der Waals surface area contributed by atoms with Crippen LogP contribution in [0.5, 0.6) is 5.75 Å². The van der Waals surface area contributed by atoms with Gasteiger partial charge in [-0.15, -0.1) is 0 Å². The number of aliphatic hydroxyl groups is 1. The fraction of sp³-hybridized carbons (Fsp3) is 0.684. The molecule has 23 heavy (non-hydrogen) atoms. The zero-order valence-electron chi connectivity index (χ0n) is 15.1. The van der Waals surface area contributed by atoms with Gasteiger partial charge >= 0.3 is 0 Å². The zero-order chi connectivity index (χ0) is 17.1. The summed E-state index contributed by atoms with van der Waals surface area (Å²) in [6, 6.07) is 8.35. The molecule has 1 aromatic rings. The van der Waals surface area contributed by atoms with E-state index in [1.165, 1.54) is 19.3 Å². The van der Waals surface area contributed by atoms with Crippen molar-refractivity contribution in [3.63, 3.8) is 0 Å². The lowest BCUT2D eigenvalue weighted by Gasteiger charge is -2.15. The minimum absolute atomic E-state index is 0.354. The minimum atomic E-state index is -0.433. The molecule has 4 heteroatoms. The van der Waals surface area contributed by atoms with Gasteiger partial charge in [-0.25, -0.2) is 0 Å². The van der Waals surface area contributed by atoms with E-state index < -0.39 is 6.10 Å². The van der Waals surface area contributed by atoms with Crippen LogP contribution in [0.1, 0.15) is 45.6 Å². The van der Waals surface area contributed by atoms with Gasteiger partial charge in [-0.05, 0) is 31.7 Å². The van der Waals surface area contributed by atoms with E-state index in [9.17, 15) is 5.11 Å². The molecule has 0 fully saturated rings. The highest BCUT2D eigenvalue weighted by Crippen LogP contribution is 2.17. The van der Waals surface area contributed by atoms with Gasteiger partial charge in [0.05, 0.1) is 26.4 Å². The van der Waals surface area contributed by atoms with Gasteiger partial charge in [0.25, 0.3) is 0 Å². The fourth-order valence-corrected chi connectivity index (χ4v) is 2.55. The first-order valence-electron chi connectivity index (χ1n) is 8.74. The summed E-state index contributed by atoms with van der Waals surface area (Å²) in [5, 5.41) is 12.2. The Kier molecular flexibility index (Phi) is 9.92. The molecule has 0 heterocycles. The lowest BCUT2D eigenvalue weighted by molar-refractivity contribution is -0.692. The summed E-state index contributed by atoms with van der Waals surface area (Å²) in [7, 11) is 1.66. The summed E-state index contributed by atoms with van der Waals surface area (Å²) in [5.74, 6) is 1.60. The molecule has 4 nitrogen and oxygen atoms in total. The second kappa shape index (κ2) is 11.4. The molecule has 3 N–H and O–H groups in total. The van der Waals surface area contributed by atoms with Gasteiger partial charge in [0, 0.05) is 5.56 Å². The van der Waals surface area contributed by atoms with Crippen LogP contribution in [0.2, 0.25) is 0 Å². The van der Waals surface area contributed by atoms with E-state index >= 15 is 0 Å². The molecule has 0 bridgehead atoms. The topological polar surface area (TPSA) is 55.3 Å². The number of benzene rings is 1. The SMILES string of the molecule is COc1ccccc1COC[C@H](O)C[NH2+][C@H](C)CCCC(C)C. The molecule has 0 aliphatic rings. The van der Waals surface area contributed by atoms with E-state index in [4.69, 9.17) is 9.47 Å². The van der Waals surface area contributed by atoms with E-state index in [1.807, 2.05) is 24.3 Å². The van der Waals surface area contributed by atoms with E-state index in [0.29, 0.717) is 25.8 Å². The first-order valence-corrected chi connectivity index (χ1v) is 8.74. The summed E-state index contributed by atoms with van der Waals surface area (Å²) >= 11 is 0. The van der Waals surface area contributed by atoms with Crippen molar-refractivity contribution >= 4 is 0 Å². The molecule has 0 amide bonds. The molecule has 0 saturated heterocycles. The van der Waals surface area contributed by atoms with E-state index in [0.717, 1.165) is 17.2 Å². The van der Waals surface area contributed by atoms with Gasteiger partial charge in [0.1, 0.15) is 18.4 Å². The number of para-hydroxylation sites is 1. The van der Waals surface area contributed by atoms with Crippen LogP contribution in [0, 0.1) is 5.92 Å². The fourth-order valence-electron chi connectivity index (χ4n) is 2.55. The highest BCUT2D eigenvalue weighted by Gasteiger charge is 2.11. The predicted molar refractivity (Wildman–Crippen MR) is 93.6 cm³/mol. The van der Waals surface area contributed by atoms with Gasteiger partial charge in [0.15, 0.2) is 0 Å². The average molecular weight is 324 g/mol. The first-order chi connectivity index (χ1) is 11.0. The second-order valence-electron chi connectivity index (χ2n) is 6.75. The van der Waals surface area contributed by atoms with E-state index in [1.54, 1.807) is 7.11 Å². The Bertz CT molecular complexity index is 423. The molecule has 0 aliphatic carbocycles. The van der Waals surface area contributed by atoms with Crippen molar-refractivity contribution < 1.29 is 19.9 Å². The largest absolute Gasteiger partial charge is 0.496 e. The van der Waals surface area contributed by atoms with Crippen LogP contribution in [0.25, 0.3) is 0 Å². The molecule has 0 radical (unpaired) electrons. The monoisotopic (exact) mass is 324 g/mol. The Morgan fingerprint density at radius 3 is 2.57 bits per heavy atom. The van der Waals surface area contributed by atoms with Crippen molar-refractivity contribution in [1.29, 1.82) is 0 Å². The number of quaternary nitrogens is 1. The third-order valence-corrected chi connectivity index (χ3v) is 4.01. The van der Waals surface area contributed by atoms with Crippen molar-refractivity contribution in [3.05, 3.63) is 29.8 Å². The summed E-state index contributed by atoms with van der Waals surface area (Å²) in [6.45, 7) is 8.25. The summed E-state index contributed by atoms with van der Waals surface area (Å²) in [5.41, 5.74) is 1.01. The van der Waals surface area contributed by atoms with Crippen molar-refractivity contribution in [2.24, 2.45) is 5.92 Å². The molecule has 2 atom stereocenters. The lowest BCUT2D eigenvalue weighted by Crippen LogP contribution is -2.91. The molecule has 132 valence electrons. The maximum atomic E-state index is 10.0. The van der Waals surface area contributed by atoms with E-state index in [2.05, 4.69) is 26.1 Å². The average Bonchev–Trinajstić information content (AvgIpc) is 2.53. The summed E-state index contributed by atoms with van der Waals surface area (Å²) in [4.78, 5) is 0. The number of methoxy groups -OCH3 is 1. The number of aliphatic hydroxyl groups excluding tert-OH is 1. The minimum Gasteiger partial charge on any atom is -0.496 e. The number of rotatable bonds is 12. The van der Waals surface area contributed by atoms with Gasteiger partial charge in [-0.2, -0.15) is 0 Å². The molecule has 0 aliphatic heterocycles. The van der Waals surface area contributed by atoms with Crippen molar-refractivity contribution in [2.75, 3.05) is 20.3 Å². The predicted octanol–water partition coefficient (Wildman–Crippen LogP) is 2.35. The number of hydrogen-bond donors (Lipinski definition) is 2. The molecule has 0 unspecified atom stereocenters. The van der Waals surface area contributed by atoms with Crippen LogP contribution in [0.15, 0.2) is 24.3 Å². The maximum absolute atomic E-state index is 10.0. The Balaban J connectivity index is 2.15. The maximum Gasteiger partial charge on any atom is 0.126 e. The van der Waals surface area contributed by atoms with Gasteiger partial charge < -0.3 is 19.9 Å². The van der Waals surface area contributed by atoms with Crippen LogP contribution in [-0.4, -0.2) is 37.5 Å². The number of nitrogens with two attached hydrogens (primary N) is 1. The second-order valence-corrected chi connectivity index (χ2v) is 6.75. The van der Waals surface area contributed by atoms with Crippen LogP contribution in [0.3, 0.4) is 0 Å². The third-order valence-electron chi connectivity index (χ3n) is 4.01. The highest BCUT2D eigenvalue weighted by atomic mass is 16.5. The Hall–Kier alpha value is -1.10. The lowest BCUT2D eigenvalue weighted by atomic mass is 10.0. The highest BCUT2D eigenvalue weighted by molar-refractivity contribution is 5.32. The number of hydrogen-bond acceptors (Lipinski definition) is 3. The van der Waals surface area contributed by atoms with Crippen molar-refractivity contribution in [2.45, 2.75) is 58.8 Å². The van der Waals surface area contributed by atoms with Crippen molar-refractivity contribution in [1.82, 2.24) is 0 Å². The summed E-state index contributed by atoms with van der Waals surface area (Å²) in [6.07, 6.45) is 3.31. The number of ether oxygens (including phenoxy) is 2. The molecular weight excluding hydrogens is 290 g/mol. The van der Waals surface area contributed by atoms with Crippen LogP contribution in [0.4, 0.5) is 0 Å². The van der Waals surface area contributed by atoms with E-state index in [-0.39, 0.29) is 0 Å². The normalized spacial score (nSPS) is 14.0. The molecule has 0 spiro atoms. The summed E-state index contributed by atoms with van der Waals surface area (Å²) < 4.78 is 10.9. The molecule has 0 saturated carbocycles.